The van der Waals surface area contributed by atoms with Crippen LogP contribution in [0.3, 0.4) is 0 Å². The molecular formula is C15H21N7O5. The van der Waals surface area contributed by atoms with Crippen molar-refractivity contribution in [2.75, 3.05) is 7.05 Å². The first-order chi connectivity index (χ1) is 12.6. The van der Waals surface area contributed by atoms with Gasteiger partial charge in [-0.3, -0.25) is 30.1 Å². The molecular weight excluding hydrogens is 358 g/mol. The molecule has 0 spiro atoms. The number of aliphatic carboxylic acids is 1. The fraction of sp³-hybridized carbons (Fsp3) is 0.267. The lowest BCUT2D eigenvalue weighted by atomic mass is 10.1. The van der Waals surface area contributed by atoms with Crippen LogP contribution in [0.5, 0.6) is 0 Å². The van der Waals surface area contributed by atoms with Crippen LogP contribution in [0.25, 0.3) is 0 Å². The number of hydrogen-bond acceptors (Lipinski definition) is 6. The summed E-state index contributed by atoms with van der Waals surface area (Å²) < 4.78 is 0. The summed E-state index contributed by atoms with van der Waals surface area (Å²) in [5, 5.41) is 18.5. The second-order valence-corrected chi connectivity index (χ2v) is 5.43. The standard InChI is InChI=1S/C15H21N7O5/c1-22(15(27)21-20-9(12(16)25)7-10(23)24)13(26)11(19-14(17)18)8-5-3-2-4-6-8/h2-6,9,11,20H,7H2,1H3,(H2,16,25)(H,21,27)(H,23,24)(H4,17,18,19)/t9-,11?/m0/s1. The lowest BCUT2D eigenvalue weighted by molar-refractivity contribution is -0.139. The van der Waals surface area contributed by atoms with Gasteiger partial charge in [-0.05, 0) is 5.56 Å². The minimum absolute atomic E-state index is 0.464. The van der Waals surface area contributed by atoms with Gasteiger partial charge < -0.3 is 21.9 Å². The van der Waals surface area contributed by atoms with Crippen molar-refractivity contribution in [1.82, 2.24) is 21.1 Å². The minimum Gasteiger partial charge on any atom is -0.481 e. The van der Waals surface area contributed by atoms with E-state index in [4.69, 9.17) is 22.0 Å². The number of carboxylic acids is 1. The van der Waals surface area contributed by atoms with Crippen LogP contribution in [-0.2, 0) is 14.4 Å². The minimum atomic E-state index is -1.37. The Kier molecular flexibility index (Phi) is 7.69. The molecule has 0 saturated carbocycles. The molecule has 0 fully saturated rings. The van der Waals surface area contributed by atoms with Crippen molar-refractivity contribution in [2.24, 2.45) is 11.5 Å². The number of carboxylic acid groups (broad SMARTS) is 1. The van der Waals surface area contributed by atoms with E-state index in [9.17, 15) is 19.2 Å². The molecule has 2 atom stereocenters. The first-order valence-electron chi connectivity index (χ1n) is 7.63. The number of hydrazine groups is 1. The van der Waals surface area contributed by atoms with Crippen LogP contribution >= 0.6 is 0 Å². The predicted molar refractivity (Wildman–Crippen MR) is 93.9 cm³/mol. The summed E-state index contributed by atoms with van der Waals surface area (Å²) in [6.45, 7) is 0. The van der Waals surface area contributed by atoms with Crippen molar-refractivity contribution in [3.63, 3.8) is 0 Å². The van der Waals surface area contributed by atoms with E-state index in [1.165, 1.54) is 0 Å². The van der Waals surface area contributed by atoms with Crippen molar-refractivity contribution in [3.8, 4) is 0 Å². The second kappa shape index (κ2) is 9.72. The SMILES string of the molecule is CN(C(=O)NN[C@@H](CC(=O)O)C(N)=O)C(=O)C(NC(=N)N)c1ccccc1. The number of likely N-dealkylation sites (N-methyl/N-ethyl adjacent to an activating group) is 1. The third-order valence-corrected chi connectivity index (χ3v) is 3.39. The van der Waals surface area contributed by atoms with Gasteiger partial charge in [-0.1, -0.05) is 30.3 Å². The van der Waals surface area contributed by atoms with Crippen LogP contribution in [0.4, 0.5) is 4.79 Å². The summed E-state index contributed by atoms with van der Waals surface area (Å²) in [7, 11) is 1.16. The number of nitrogens with one attached hydrogen (secondary N) is 4. The smallest absolute Gasteiger partial charge is 0.338 e. The number of carbonyl (C=O) groups excluding carboxylic acids is 3. The van der Waals surface area contributed by atoms with Gasteiger partial charge in [0.05, 0.1) is 6.42 Å². The number of guanidine groups is 1. The number of primary amides is 1. The molecule has 0 aliphatic heterocycles. The van der Waals surface area contributed by atoms with E-state index >= 15 is 0 Å². The molecule has 0 radical (unpaired) electrons. The fourth-order valence-electron chi connectivity index (χ4n) is 2.01. The Hall–Kier alpha value is -3.67. The summed E-state index contributed by atoms with van der Waals surface area (Å²) >= 11 is 0. The number of carbonyl (C=O) groups is 4. The molecule has 27 heavy (non-hydrogen) atoms. The Balaban J connectivity index is 2.84. The zero-order valence-corrected chi connectivity index (χ0v) is 14.4. The van der Waals surface area contributed by atoms with E-state index in [0.29, 0.717) is 10.5 Å². The molecule has 1 rings (SSSR count). The highest BCUT2D eigenvalue weighted by Gasteiger charge is 2.28. The van der Waals surface area contributed by atoms with E-state index in [2.05, 4.69) is 10.7 Å². The van der Waals surface area contributed by atoms with E-state index in [1.807, 2.05) is 5.43 Å². The van der Waals surface area contributed by atoms with Crippen molar-refractivity contribution in [2.45, 2.75) is 18.5 Å². The van der Waals surface area contributed by atoms with Gasteiger partial charge in [0.2, 0.25) is 5.91 Å². The van der Waals surface area contributed by atoms with Crippen LogP contribution in [0.15, 0.2) is 30.3 Å². The predicted octanol–water partition coefficient (Wildman–Crippen LogP) is -1.79. The zero-order chi connectivity index (χ0) is 20.6. The molecule has 1 aromatic carbocycles. The molecule has 12 nitrogen and oxygen atoms in total. The molecule has 1 unspecified atom stereocenters. The Morgan fingerprint density at radius 1 is 1.19 bits per heavy atom. The maximum atomic E-state index is 12.6. The summed E-state index contributed by atoms with van der Waals surface area (Å²) in [5.74, 6) is -3.52. The molecule has 0 aliphatic rings. The summed E-state index contributed by atoms with van der Waals surface area (Å²) in [6.07, 6.45) is -0.661. The molecule has 0 bridgehead atoms. The average molecular weight is 379 g/mol. The molecule has 9 N–H and O–H groups in total. The van der Waals surface area contributed by atoms with E-state index in [0.717, 1.165) is 7.05 Å². The van der Waals surface area contributed by atoms with Crippen LogP contribution in [-0.4, -0.2) is 52.9 Å². The number of urea groups is 1. The Morgan fingerprint density at radius 2 is 1.78 bits per heavy atom. The maximum Gasteiger partial charge on any atom is 0.338 e. The van der Waals surface area contributed by atoms with Crippen LogP contribution in [0.1, 0.15) is 18.0 Å². The number of imide groups is 1. The van der Waals surface area contributed by atoms with Gasteiger partial charge in [-0.15, -0.1) is 0 Å². The van der Waals surface area contributed by atoms with Gasteiger partial charge in [0.15, 0.2) is 5.96 Å². The van der Waals surface area contributed by atoms with Crippen LogP contribution in [0, 0.1) is 5.41 Å². The van der Waals surface area contributed by atoms with Crippen molar-refractivity contribution < 1.29 is 24.3 Å². The monoisotopic (exact) mass is 379 g/mol. The summed E-state index contributed by atoms with van der Waals surface area (Å²) in [6, 6.07) is 4.84. The van der Waals surface area contributed by atoms with Crippen LogP contribution in [0.2, 0.25) is 0 Å². The quantitative estimate of drug-likeness (QED) is 0.156. The van der Waals surface area contributed by atoms with Crippen molar-refractivity contribution in [3.05, 3.63) is 35.9 Å². The average Bonchev–Trinajstić information content (AvgIpc) is 2.61. The molecule has 4 amide bonds. The largest absolute Gasteiger partial charge is 0.481 e. The van der Waals surface area contributed by atoms with E-state index < -0.39 is 48.3 Å². The van der Waals surface area contributed by atoms with E-state index in [1.54, 1.807) is 30.3 Å². The second-order valence-electron chi connectivity index (χ2n) is 5.43. The summed E-state index contributed by atoms with van der Waals surface area (Å²) in [4.78, 5) is 47.3. The van der Waals surface area contributed by atoms with Gasteiger partial charge in [0, 0.05) is 7.05 Å². The Bertz CT molecular complexity index is 725. The highest BCUT2D eigenvalue weighted by Crippen LogP contribution is 2.15. The molecule has 0 aromatic heterocycles. The van der Waals surface area contributed by atoms with Gasteiger partial charge >= 0.3 is 12.0 Å². The van der Waals surface area contributed by atoms with E-state index in [-0.39, 0.29) is 0 Å². The molecule has 12 heteroatoms. The molecule has 1 aromatic rings. The lowest BCUT2D eigenvalue weighted by Crippen LogP contribution is -2.56. The third kappa shape index (κ3) is 6.62. The Morgan fingerprint density at radius 3 is 2.26 bits per heavy atom. The Labute approximate surface area is 154 Å². The number of amides is 4. The van der Waals surface area contributed by atoms with Crippen molar-refractivity contribution >= 4 is 29.8 Å². The van der Waals surface area contributed by atoms with Gasteiger partial charge in [0.1, 0.15) is 12.1 Å². The normalized spacial score (nSPS) is 12.3. The fourth-order valence-corrected chi connectivity index (χ4v) is 2.01. The topological polar surface area (TPSA) is 204 Å². The first-order valence-corrected chi connectivity index (χ1v) is 7.63. The van der Waals surface area contributed by atoms with Gasteiger partial charge in [0.25, 0.3) is 5.91 Å². The molecule has 0 aliphatic carbocycles. The number of benzene rings is 1. The third-order valence-electron chi connectivity index (χ3n) is 3.39. The number of rotatable bonds is 8. The lowest BCUT2D eigenvalue weighted by Gasteiger charge is -2.24. The van der Waals surface area contributed by atoms with Crippen molar-refractivity contribution in [1.29, 1.82) is 5.41 Å². The molecule has 146 valence electrons. The van der Waals surface area contributed by atoms with Crippen LogP contribution < -0.4 is 27.6 Å². The summed E-state index contributed by atoms with van der Waals surface area (Å²) in [5.41, 5.74) is 15.0. The number of nitrogens with two attached hydrogens (primary N) is 2. The van der Waals surface area contributed by atoms with Gasteiger partial charge in [-0.2, -0.15) is 0 Å². The van der Waals surface area contributed by atoms with Gasteiger partial charge in [-0.25, -0.2) is 10.2 Å². The maximum absolute atomic E-state index is 12.6. The highest BCUT2D eigenvalue weighted by atomic mass is 16.4. The number of nitrogens with zero attached hydrogens (tertiary/aromatic N) is 1. The number of hydrogen-bond donors (Lipinski definition) is 7. The molecule has 0 heterocycles. The molecule has 0 saturated heterocycles. The highest BCUT2D eigenvalue weighted by molar-refractivity contribution is 5.98. The first kappa shape index (κ1) is 21.4. The zero-order valence-electron chi connectivity index (χ0n) is 14.4.